The zero-order valence-electron chi connectivity index (χ0n) is 10.9. The fourth-order valence-electron chi connectivity index (χ4n) is 1.64. The van der Waals surface area contributed by atoms with Crippen molar-refractivity contribution < 1.29 is 4.74 Å². The summed E-state index contributed by atoms with van der Waals surface area (Å²) < 4.78 is 5.71. The fraction of sp³-hybridized carbons (Fsp3) is 0.286. The van der Waals surface area contributed by atoms with Crippen LogP contribution in [-0.4, -0.2) is 9.97 Å². The number of nitrogens with two attached hydrogens (primary N) is 1. The summed E-state index contributed by atoms with van der Waals surface area (Å²) in [5.41, 5.74) is 9.57. The maximum atomic E-state index is 5.71. The summed E-state index contributed by atoms with van der Waals surface area (Å²) in [6.07, 6.45) is 1.71. The van der Waals surface area contributed by atoms with Crippen LogP contribution in [0.2, 0.25) is 0 Å². The van der Waals surface area contributed by atoms with E-state index in [1.54, 1.807) is 6.20 Å². The lowest BCUT2D eigenvalue weighted by molar-refractivity contribution is 0.436. The summed E-state index contributed by atoms with van der Waals surface area (Å²) in [6, 6.07) is 6.40. The fourth-order valence-corrected chi connectivity index (χ4v) is 1.64. The lowest BCUT2D eigenvalue weighted by Gasteiger charge is -2.09. The largest absolute Gasteiger partial charge is 0.424 e. The smallest absolute Gasteiger partial charge is 0.322 e. The quantitative estimate of drug-likeness (QED) is 0.900. The van der Waals surface area contributed by atoms with Crippen LogP contribution in [0, 0.1) is 20.8 Å². The van der Waals surface area contributed by atoms with Crippen LogP contribution in [0.4, 0.5) is 0 Å². The molecule has 0 aliphatic carbocycles. The standard InChI is InChI=1S/C14H17N3O/c1-9-4-5-10(2)13(6-9)18-14-16-8-12(7-15)11(3)17-14/h4-6,8H,7,15H2,1-3H3. The number of aryl methyl sites for hydroxylation is 3. The van der Waals surface area contributed by atoms with Crippen LogP contribution < -0.4 is 10.5 Å². The van der Waals surface area contributed by atoms with Crippen LogP contribution in [0.15, 0.2) is 24.4 Å². The molecule has 0 aliphatic heterocycles. The second kappa shape index (κ2) is 5.14. The minimum atomic E-state index is 0.360. The van der Waals surface area contributed by atoms with Gasteiger partial charge in [0.2, 0.25) is 0 Å². The van der Waals surface area contributed by atoms with Crippen LogP contribution in [0.3, 0.4) is 0 Å². The van der Waals surface area contributed by atoms with Gasteiger partial charge >= 0.3 is 6.01 Å². The second-order valence-corrected chi connectivity index (χ2v) is 4.34. The van der Waals surface area contributed by atoms with Gasteiger partial charge in [0.15, 0.2) is 0 Å². The van der Waals surface area contributed by atoms with Gasteiger partial charge in [0.25, 0.3) is 0 Å². The van der Waals surface area contributed by atoms with E-state index in [1.807, 2.05) is 39.0 Å². The molecule has 2 rings (SSSR count). The number of hydrogen-bond acceptors (Lipinski definition) is 4. The van der Waals surface area contributed by atoms with Crippen molar-refractivity contribution in [3.8, 4) is 11.8 Å². The molecule has 2 aromatic rings. The zero-order valence-corrected chi connectivity index (χ0v) is 10.9. The summed E-state index contributed by atoms with van der Waals surface area (Å²) in [4.78, 5) is 8.46. The van der Waals surface area contributed by atoms with Crippen molar-refractivity contribution >= 4 is 0 Å². The number of aromatic nitrogens is 2. The molecule has 0 saturated heterocycles. The van der Waals surface area contributed by atoms with Gasteiger partial charge in [0, 0.05) is 24.0 Å². The van der Waals surface area contributed by atoms with Crippen LogP contribution in [0.5, 0.6) is 11.8 Å². The third kappa shape index (κ3) is 2.65. The van der Waals surface area contributed by atoms with Crippen molar-refractivity contribution in [1.82, 2.24) is 9.97 Å². The summed E-state index contributed by atoms with van der Waals surface area (Å²) in [7, 11) is 0. The number of benzene rings is 1. The minimum absolute atomic E-state index is 0.360. The molecule has 4 heteroatoms. The highest BCUT2D eigenvalue weighted by Crippen LogP contribution is 2.23. The Bertz CT molecular complexity index is 567. The van der Waals surface area contributed by atoms with Gasteiger partial charge < -0.3 is 10.5 Å². The van der Waals surface area contributed by atoms with E-state index in [-0.39, 0.29) is 0 Å². The Morgan fingerprint density at radius 3 is 2.67 bits per heavy atom. The Hall–Kier alpha value is -1.94. The van der Waals surface area contributed by atoms with E-state index in [1.165, 1.54) is 0 Å². The highest BCUT2D eigenvalue weighted by molar-refractivity contribution is 5.37. The molecule has 0 spiro atoms. The highest BCUT2D eigenvalue weighted by Gasteiger charge is 2.06. The average Bonchev–Trinajstić information content (AvgIpc) is 2.34. The van der Waals surface area contributed by atoms with Gasteiger partial charge in [-0.05, 0) is 38.0 Å². The lowest BCUT2D eigenvalue weighted by atomic mass is 10.1. The molecule has 0 bridgehead atoms. The maximum absolute atomic E-state index is 5.71. The van der Waals surface area contributed by atoms with E-state index in [2.05, 4.69) is 9.97 Å². The molecule has 2 N–H and O–H groups in total. The molecule has 0 amide bonds. The predicted octanol–water partition coefficient (Wildman–Crippen LogP) is 2.65. The molecule has 0 saturated carbocycles. The number of nitrogens with zero attached hydrogens (tertiary/aromatic N) is 2. The Morgan fingerprint density at radius 2 is 2.00 bits per heavy atom. The van der Waals surface area contributed by atoms with E-state index >= 15 is 0 Å². The predicted molar refractivity (Wildman–Crippen MR) is 70.7 cm³/mol. The van der Waals surface area contributed by atoms with Crippen molar-refractivity contribution in [1.29, 1.82) is 0 Å². The molecule has 0 aliphatic rings. The van der Waals surface area contributed by atoms with Gasteiger partial charge in [-0.2, -0.15) is 4.98 Å². The van der Waals surface area contributed by atoms with Crippen molar-refractivity contribution in [3.63, 3.8) is 0 Å². The van der Waals surface area contributed by atoms with E-state index < -0.39 is 0 Å². The molecule has 0 atom stereocenters. The lowest BCUT2D eigenvalue weighted by Crippen LogP contribution is -2.03. The maximum Gasteiger partial charge on any atom is 0.322 e. The first-order valence-corrected chi connectivity index (χ1v) is 5.88. The summed E-state index contributed by atoms with van der Waals surface area (Å²) in [5.74, 6) is 0.787. The van der Waals surface area contributed by atoms with E-state index in [0.717, 1.165) is 28.1 Å². The monoisotopic (exact) mass is 243 g/mol. The molecular formula is C14H17N3O. The number of hydrogen-bond donors (Lipinski definition) is 1. The molecule has 1 aromatic heterocycles. The normalized spacial score (nSPS) is 10.4. The third-order valence-electron chi connectivity index (χ3n) is 2.82. The van der Waals surface area contributed by atoms with Gasteiger partial charge in [-0.25, -0.2) is 4.98 Å². The molecule has 18 heavy (non-hydrogen) atoms. The highest BCUT2D eigenvalue weighted by atomic mass is 16.5. The molecule has 0 fully saturated rings. The van der Waals surface area contributed by atoms with Crippen LogP contribution in [0.25, 0.3) is 0 Å². The van der Waals surface area contributed by atoms with Crippen LogP contribution >= 0.6 is 0 Å². The topological polar surface area (TPSA) is 61.0 Å². The molecule has 94 valence electrons. The van der Waals surface area contributed by atoms with E-state index in [0.29, 0.717) is 12.6 Å². The number of ether oxygens (including phenoxy) is 1. The summed E-state index contributed by atoms with van der Waals surface area (Å²) in [6.45, 7) is 6.36. The Labute approximate surface area is 107 Å². The molecule has 1 heterocycles. The molecule has 1 aromatic carbocycles. The Morgan fingerprint density at radius 1 is 1.22 bits per heavy atom. The molecule has 4 nitrogen and oxygen atoms in total. The first-order chi connectivity index (χ1) is 8.60. The van der Waals surface area contributed by atoms with Crippen LogP contribution in [-0.2, 0) is 6.54 Å². The van der Waals surface area contributed by atoms with Gasteiger partial charge in [0.1, 0.15) is 5.75 Å². The van der Waals surface area contributed by atoms with Crippen molar-refractivity contribution in [2.45, 2.75) is 27.3 Å². The summed E-state index contributed by atoms with van der Waals surface area (Å²) in [5, 5.41) is 0. The van der Waals surface area contributed by atoms with Crippen molar-refractivity contribution in [2.75, 3.05) is 0 Å². The molecule has 0 unspecified atom stereocenters. The minimum Gasteiger partial charge on any atom is -0.424 e. The van der Waals surface area contributed by atoms with E-state index in [4.69, 9.17) is 10.5 Å². The van der Waals surface area contributed by atoms with Gasteiger partial charge in [0.05, 0.1) is 0 Å². The van der Waals surface area contributed by atoms with Crippen molar-refractivity contribution in [2.24, 2.45) is 5.73 Å². The Balaban J connectivity index is 2.28. The zero-order chi connectivity index (χ0) is 13.1. The number of rotatable bonds is 3. The molecule has 0 radical (unpaired) electrons. The SMILES string of the molecule is Cc1ccc(C)c(Oc2ncc(CN)c(C)n2)c1. The Kier molecular flexibility index (Phi) is 3.58. The van der Waals surface area contributed by atoms with Crippen LogP contribution in [0.1, 0.15) is 22.4 Å². The third-order valence-corrected chi connectivity index (χ3v) is 2.82. The van der Waals surface area contributed by atoms with Crippen molar-refractivity contribution in [3.05, 3.63) is 46.8 Å². The van der Waals surface area contributed by atoms with Gasteiger partial charge in [-0.15, -0.1) is 0 Å². The van der Waals surface area contributed by atoms with Gasteiger partial charge in [-0.3, -0.25) is 0 Å². The first kappa shape index (κ1) is 12.5. The van der Waals surface area contributed by atoms with E-state index in [9.17, 15) is 0 Å². The second-order valence-electron chi connectivity index (χ2n) is 4.34. The van der Waals surface area contributed by atoms with Gasteiger partial charge in [-0.1, -0.05) is 12.1 Å². The first-order valence-electron chi connectivity index (χ1n) is 5.88. The average molecular weight is 243 g/mol. The molecular weight excluding hydrogens is 226 g/mol. The summed E-state index contributed by atoms with van der Waals surface area (Å²) >= 11 is 0.